The summed E-state index contributed by atoms with van der Waals surface area (Å²) in [7, 11) is 0. The topological polar surface area (TPSA) is 69.6 Å². The van der Waals surface area contributed by atoms with E-state index in [9.17, 15) is 22.8 Å². The van der Waals surface area contributed by atoms with Crippen molar-refractivity contribution < 1.29 is 27.9 Å². The highest BCUT2D eigenvalue weighted by Gasteiger charge is 2.34. The SMILES string of the molecule is O=C(O)CN(CC(F)(F)F)C(=O)NC1CCCCCCC1. The Labute approximate surface area is 121 Å². The molecule has 122 valence electrons. The molecule has 0 saturated heterocycles. The van der Waals surface area contributed by atoms with Gasteiger partial charge in [0.05, 0.1) is 0 Å². The summed E-state index contributed by atoms with van der Waals surface area (Å²) in [5.74, 6) is -1.47. The lowest BCUT2D eigenvalue weighted by Crippen LogP contribution is -2.50. The molecule has 0 radical (unpaired) electrons. The maximum atomic E-state index is 12.4. The molecule has 0 aliphatic heterocycles. The summed E-state index contributed by atoms with van der Waals surface area (Å²) in [5, 5.41) is 11.2. The van der Waals surface area contributed by atoms with E-state index < -0.39 is 31.3 Å². The Balaban J connectivity index is 2.59. The van der Waals surface area contributed by atoms with Gasteiger partial charge in [-0.15, -0.1) is 0 Å². The molecule has 5 nitrogen and oxygen atoms in total. The predicted octanol–water partition coefficient (Wildman–Crippen LogP) is 2.76. The standard InChI is InChI=1S/C13H21F3N2O3/c14-13(15,16)9-18(8-11(19)20)12(21)17-10-6-4-2-1-3-5-7-10/h10H,1-9H2,(H,17,21)(H,19,20). The number of hydrogen-bond acceptors (Lipinski definition) is 2. The van der Waals surface area contributed by atoms with Crippen LogP contribution in [0.2, 0.25) is 0 Å². The Bertz CT molecular complexity index is 353. The summed E-state index contributed by atoms with van der Waals surface area (Å²) in [6.07, 6.45) is 1.90. The molecular formula is C13H21F3N2O3. The van der Waals surface area contributed by atoms with Crippen molar-refractivity contribution in [3.05, 3.63) is 0 Å². The highest BCUT2D eigenvalue weighted by Crippen LogP contribution is 2.19. The molecule has 0 aromatic heterocycles. The molecule has 0 aromatic rings. The van der Waals surface area contributed by atoms with Gasteiger partial charge in [-0.2, -0.15) is 13.2 Å². The number of rotatable bonds is 4. The Morgan fingerprint density at radius 2 is 1.62 bits per heavy atom. The molecule has 1 saturated carbocycles. The van der Waals surface area contributed by atoms with Crippen LogP contribution in [0.5, 0.6) is 0 Å². The summed E-state index contributed by atoms with van der Waals surface area (Å²) in [5.41, 5.74) is 0. The van der Waals surface area contributed by atoms with Crippen molar-refractivity contribution in [2.75, 3.05) is 13.1 Å². The first kappa shape index (κ1) is 17.6. The minimum atomic E-state index is -4.62. The second-order valence-corrected chi connectivity index (χ2v) is 5.36. The van der Waals surface area contributed by atoms with Crippen molar-refractivity contribution in [2.45, 2.75) is 57.2 Å². The third-order valence-electron chi connectivity index (χ3n) is 3.42. The van der Waals surface area contributed by atoms with Crippen LogP contribution in [0.15, 0.2) is 0 Å². The van der Waals surface area contributed by atoms with Gasteiger partial charge in [0.25, 0.3) is 0 Å². The number of amides is 2. The lowest BCUT2D eigenvalue weighted by Gasteiger charge is -2.27. The van der Waals surface area contributed by atoms with Gasteiger partial charge in [0.1, 0.15) is 13.1 Å². The first-order chi connectivity index (χ1) is 9.78. The fraction of sp³-hybridized carbons (Fsp3) is 0.846. The quantitative estimate of drug-likeness (QED) is 0.839. The number of aliphatic carboxylic acids is 1. The molecule has 0 heterocycles. The number of halogens is 3. The highest BCUT2D eigenvalue weighted by molar-refractivity contribution is 5.80. The molecule has 2 amide bonds. The van der Waals surface area contributed by atoms with Gasteiger partial charge in [-0.3, -0.25) is 4.79 Å². The minimum Gasteiger partial charge on any atom is -0.480 e. The van der Waals surface area contributed by atoms with Crippen molar-refractivity contribution in [3.8, 4) is 0 Å². The van der Waals surface area contributed by atoms with E-state index in [1.165, 1.54) is 0 Å². The number of hydrogen-bond donors (Lipinski definition) is 2. The van der Waals surface area contributed by atoms with E-state index in [0.717, 1.165) is 44.9 Å². The fourth-order valence-corrected chi connectivity index (χ4v) is 2.45. The summed E-state index contributed by atoms with van der Waals surface area (Å²) in [4.78, 5) is 22.8. The summed E-state index contributed by atoms with van der Waals surface area (Å²) in [6, 6.07) is -1.14. The zero-order chi connectivity index (χ0) is 15.9. The van der Waals surface area contributed by atoms with E-state index in [1.54, 1.807) is 0 Å². The van der Waals surface area contributed by atoms with E-state index in [2.05, 4.69) is 5.32 Å². The van der Waals surface area contributed by atoms with E-state index >= 15 is 0 Å². The Kier molecular flexibility index (Phi) is 6.77. The van der Waals surface area contributed by atoms with Gasteiger partial charge in [0.15, 0.2) is 0 Å². The van der Waals surface area contributed by atoms with Crippen LogP contribution < -0.4 is 5.32 Å². The monoisotopic (exact) mass is 310 g/mol. The van der Waals surface area contributed by atoms with Crippen LogP contribution in [0.4, 0.5) is 18.0 Å². The lowest BCUT2D eigenvalue weighted by molar-refractivity contribution is -0.149. The number of urea groups is 1. The summed E-state index contributed by atoms with van der Waals surface area (Å²) < 4.78 is 37.2. The average molecular weight is 310 g/mol. The molecule has 0 atom stereocenters. The van der Waals surface area contributed by atoms with Crippen LogP contribution in [0, 0.1) is 0 Å². The maximum Gasteiger partial charge on any atom is 0.406 e. The van der Waals surface area contributed by atoms with E-state index in [-0.39, 0.29) is 6.04 Å². The highest BCUT2D eigenvalue weighted by atomic mass is 19.4. The fourth-order valence-electron chi connectivity index (χ4n) is 2.45. The number of carboxylic acids is 1. The number of alkyl halides is 3. The van der Waals surface area contributed by atoms with Gasteiger partial charge >= 0.3 is 18.2 Å². The molecule has 0 aromatic carbocycles. The molecular weight excluding hydrogens is 289 g/mol. The van der Waals surface area contributed by atoms with Crippen LogP contribution in [-0.4, -0.2) is 47.3 Å². The number of carbonyl (C=O) groups excluding carboxylic acids is 1. The zero-order valence-electron chi connectivity index (χ0n) is 11.8. The van der Waals surface area contributed by atoms with Crippen LogP contribution in [0.25, 0.3) is 0 Å². The molecule has 1 aliphatic rings. The molecule has 21 heavy (non-hydrogen) atoms. The molecule has 0 bridgehead atoms. The Hall–Kier alpha value is -1.47. The normalized spacial score (nSPS) is 17.7. The van der Waals surface area contributed by atoms with Crippen molar-refractivity contribution in [2.24, 2.45) is 0 Å². The molecule has 1 rings (SSSR count). The van der Waals surface area contributed by atoms with Crippen molar-refractivity contribution in [3.63, 3.8) is 0 Å². The van der Waals surface area contributed by atoms with Gasteiger partial charge in [-0.25, -0.2) is 4.79 Å². The molecule has 0 spiro atoms. The third kappa shape index (κ3) is 7.77. The molecule has 2 N–H and O–H groups in total. The summed E-state index contributed by atoms with van der Waals surface area (Å²) >= 11 is 0. The van der Waals surface area contributed by atoms with Crippen molar-refractivity contribution in [1.82, 2.24) is 10.2 Å². The smallest absolute Gasteiger partial charge is 0.406 e. The Morgan fingerprint density at radius 3 is 2.10 bits per heavy atom. The lowest BCUT2D eigenvalue weighted by atomic mass is 9.97. The van der Waals surface area contributed by atoms with Crippen molar-refractivity contribution in [1.29, 1.82) is 0 Å². The second-order valence-electron chi connectivity index (χ2n) is 5.36. The van der Waals surface area contributed by atoms with Crippen LogP contribution in [0.3, 0.4) is 0 Å². The second kappa shape index (κ2) is 8.09. The minimum absolute atomic E-state index is 0.178. The van der Waals surface area contributed by atoms with Gasteiger partial charge in [-0.1, -0.05) is 32.1 Å². The number of nitrogens with zero attached hydrogens (tertiary/aromatic N) is 1. The molecule has 1 aliphatic carbocycles. The van der Waals surface area contributed by atoms with E-state index in [0.29, 0.717) is 4.90 Å². The largest absolute Gasteiger partial charge is 0.480 e. The van der Waals surface area contributed by atoms with Gasteiger partial charge in [0, 0.05) is 6.04 Å². The first-order valence-corrected chi connectivity index (χ1v) is 7.12. The molecule has 0 unspecified atom stereocenters. The van der Waals surface area contributed by atoms with Gasteiger partial charge in [-0.05, 0) is 12.8 Å². The maximum absolute atomic E-state index is 12.4. The first-order valence-electron chi connectivity index (χ1n) is 7.12. The van der Waals surface area contributed by atoms with Crippen LogP contribution in [-0.2, 0) is 4.79 Å². The average Bonchev–Trinajstić information content (AvgIpc) is 2.29. The summed E-state index contributed by atoms with van der Waals surface area (Å²) in [6.45, 7) is -2.52. The molecule has 8 heteroatoms. The van der Waals surface area contributed by atoms with Gasteiger partial charge in [0.2, 0.25) is 0 Å². The number of nitrogens with one attached hydrogen (secondary N) is 1. The van der Waals surface area contributed by atoms with E-state index in [1.807, 2.05) is 0 Å². The number of carboxylic acid groups (broad SMARTS) is 1. The van der Waals surface area contributed by atoms with Gasteiger partial charge < -0.3 is 15.3 Å². The van der Waals surface area contributed by atoms with Crippen LogP contribution >= 0.6 is 0 Å². The predicted molar refractivity (Wildman–Crippen MR) is 69.9 cm³/mol. The van der Waals surface area contributed by atoms with Crippen LogP contribution in [0.1, 0.15) is 44.9 Å². The van der Waals surface area contributed by atoms with E-state index in [4.69, 9.17) is 5.11 Å². The number of carbonyl (C=O) groups is 2. The molecule has 1 fully saturated rings. The van der Waals surface area contributed by atoms with Crippen molar-refractivity contribution >= 4 is 12.0 Å². The Morgan fingerprint density at radius 1 is 1.10 bits per heavy atom. The zero-order valence-corrected chi connectivity index (χ0v) is 11.8. The third-order valence-corrected chi connectivity index (χ3v) is 3.42.